The monoisotopic (exact) mass is 203 g/mol. The van der Waals surface area contributed by atoms with Crippen molar-refractivity contribution in [3.63, 3.8) is 0 Å². The summed E-state index contributed by atoms with van der Waals surface area (Å²) in [6, 6.07) is 2.14. The Bertz CT molecular complexity index is 181. The van der Waals surface area contributed by atoms with Crippen molar-refractivity contribution >= 4 is 27.3 Å². The van der Waals surface area contributed by atoms with Crippen LogP contribution < -0.4 is 0 Å². The van der Waals surface area contributed by atoms with E-state index >= 15 is 0 Å². The van der Waals surface area contributed by atoms with Crippen LogP contribution in [0.1, 0.15) is 10.4 Å². The lowest BCUT2D eigenvalue weighted by Gasteiger charge is -1.90. The van der Waals surface area contributed by atoms with Crippen LogP contribution in [0.4, 0.5) is 0 Å². The molecule has 0 aliphatic heterocycles. The topological polar surface area (TPSA) is 0 Å². The van der Waals surface area contributed by atoms with Gasteiger partial charge in [-0.05, 0) is 23.9 Å². The van der Waals surface area contributed by atoms with E-state index in [1.165, 1.54) is 10.4 Å². The summed E-state index contributed by atoms with van der Waals surface area (Å²) in [6.45, 7) is 2.13. The molecule has 9 heavy (non-hydrogen) atoms. The Kier molecular flexibility index (Phi) is 2.73. The quantitative estimate of drug-likeness (QED) is 0.649. The average Bonchev–Trinajstić information content (AvgIpc) is 2.18. The molecule has 1 rings (SSSR count). The van der Waals surface area contributed by atoms with Gasteiger partial charge in [0.2, 0.25) is 0 Å². The maximum atomic E-state index is 3.36. The third kappa shape index (κ3) is 1.80. The molecule has 0 saturated heterocycles. The Morgan fingerprint density at radius 2 is 2.56 bits per heavy atom. The number of rotatable bonds is 2. The van der Waals surface area contributed by atoms with E-state index in [0.29, 0.717) is 0 Å². The van der Waals surface area contributed by atoms with E-state index in [1.807, 2.05) is 0 Å². The number of halogens is 1. The first-order valence-corrected chi connectivity index (χ1v) is 4.78. The van der Waals surface area contributed by atoms with Gasteiger partial charge in [-0.25, -0.2) is 0 Å². The predicted molar refractivity (Wildman–Crippen MR) is 46.3 cm³/mol. The summed E-state index contributed by atoms with van der Waals surface area (Å²) in [5.41, 5.74) is 1.37. The fourth-order valence-electron chi connectivity index (χ4n) is 0.664. The maximum Gasteiger partial charge on any atom is 0.0120 e. The summed E-state index contributed by atoms with van der Waals surface area (Å²) in [5, 5.41) is 3.07. The zero-order chi connectivity index (χ0) is 6.69. The van der Waals surface area contributed by atoms with E-state index in [4.69, 9.17) is 0 Å². The van der Waals surface area contributed by atoms with Gasteiger partial charge in [-0.2, -0.15) is 0 Å². The molecule has 0 amide bonds. The van der Waals surface area contributed by atoms with Gasteiger partial charge >= 0.3 is 0 Å². The molecule has 1 radical (unpaired) electrons. The highest BCUT2D eigenvalue weighted by Crippen LogP contribution is 2.17. The normalized spacial score (nSPS) is 10.0. The van der Waals surface area contributed by atoms with Crippen molar-refractivity contribution in [1.82, 2.24) is 0 Å². The van der Waals surface area contributed by atoms with Gasteiger partial charge < -0.3 is 0 Å². The van der Waals surface area contributed by atoms with Crippen LogP contribution in [0.2, 0.25) is 0 Å². The van der Waals surface area contributed by atoms with Crippen molar-refractivity contribution < 1.29 is 0 Å². The van der Waals surface area contributed by atoms with Crippen molar-refractivity contribution in [2.45, 2.75) is 6.92 Å². The minimum Gasteiger partial charge on any atom is -0.148 e. The van der Waals surface area contributed by atoms with Gasteiger partial charge in [0.1, 0.15) is 0 Å². The third-order valence-electron chi connectivity index (χ3n) is 1.16. The molecule has 0 unspecified atom stereocenters. The molecular weight excluding hydrogens is 196 g/mol. The van der Waals surface area contributed by atoms with Crippen molar-refractivity contribution in [2.75, 3.05) is 5.33 Å². The second kappa shape index (κ2) is 3.37. The maximum absolute atomic E-state index is 3.36. The van der Waals surface area contributed by atoms with Crippen LogP contribution in [-0.4, -0.2) is 5.33 Å². The summed E-state index contributed by atoms with van der Waals surface area (Å²) in [6.07, 6.45) is 2.18. The van der Waals surface area contributed by atoms with Gasteiger partial charge in [0.05, 0.1) is 0 Å². The molecule has 49 valence electrons. The molecule has 0 N–H and O–H groups in total. The molecule has 0 bridgehead atoms. The molecule has 0 atom stereocenters. The highest BCUT2D eigenvalue weighted by molar-refractivity contribution is 9.09. The van der Waals surface area contributed by atoms with Crippen molar-refractivity contribution in [2.24, 2.45) is 0 Å². The highest BCUT2D eigenvalue weighted by Gasteiger charge is 1.96. The zero-order valence-corrected chi connectivity index (χ0v) is 7.63. The van der Waals surface area contributed by atoms with Crippen molar-refractivity contribution in [3.05, 3.63) is 28.3 Å². The minimum atomic E-state index is 0.953. The van der Waals surface area contributed by atoms with Gasteiger partial charge in [0.15, 0.2) is 0 Å². The van der Waals surface area contributed by atoms with Gasteiger partial charge in [-0.15, -0.1) is 11.3 Å². The first kappa shape index (κ1) is 7.29. The minimum absolute atomic E-state index is 0.953. The number of hydrogen-bond donors (Lipinski definition) is 0. The molecule has 0 fully saturated rings. The van der Waals surface area contributed by atoms with E-state index in [-0.39, 0.29) is 0 Å². The van der Waals surface area contributed by atoms with Crippen LogP contribution in [0.15, 0.2) is 11.4 Å². The first-order valence-electron chi connectivity index (χ1n) is 2.78. The highest BCUT2D eigenvalue weighted by atomic mass is 79.9. The van der Waals surface area contributed by atoms with Gasteiger partial charge in [-0.3, -0.25) is 0 Å². The van der Waals surface area contributed by atoms with E-state index in [1.54, 1.807) is 11.3 Å². The smallest absolute Gasteiger partial charge is 0.0120 e. The second-order valence-electron chi connectivity index (χ2n) is 1.83. The second-order valence-corrected chi connectivity index (χ2v) is 3.42. The Labute approximate surface area is 68.0 Å². The lowest BCUT2D eigenvalue weighted by Crippen LogP contribution is -1.77. The van der Waals surface area contributed by atoms with Gasteiger partial charge in [0, 0.05) is 16.6 Å². The Morgan fingerprint density at radius 1 is 1.78 bits per heavy atom. The Hall–Kier alpha value is 0.180. The molecule has 0 nitrogen and oxygen atoms in total. The van der Waals surface area contributed by atoms with Gasteiger partial charge in [0.25, 0.3) is 0 Å². The van der Waals surface area contributed by atoms with Crippen LogP contribution in [0.5, 0.6) is 0 Å². The largest absolute Gasteiger partial charge is 0.148 e. The fraction of sp³-hybridized carbons (Fsp3) is 0.286. The number of aryl methyl sites for hydroxylation is 1. The average molecular weight is 204 g/mol. The molecule has 1 aromatic rings. The zero-order valence-electron chi connectivity index (χ0n) is 5.23. The molecule has 0 saturated carbocycles. The van der Waals surface area contributed by atoms with Crippen LogP contribution in [0.25, 0.3) is 0 Å². The lowest BCUT2D eigenvalue weighted by atomic mass is 10.2. The third-order valence-corrected chi connectivity index (χ3v) is 2.50. The molecule has 0 spiro atoms. The Balaban J connectivity index is 2.69. The van der Waals surface area contributed by atoms with Crippen molar-refractivity contribution in [1.29, 1.82) is 0 Å². The van der Waals surface area contributed by atoms with E-state index in [2.05, 4.69) is 40.7 Å². The summed E-state index contributed by atoms with van der Waals surface area (Å²) >= 11 is 5.14. The first-order chi connectivity index (χ1) is 4.34. The van der Waals surface area contributed by atoms with Crippen LogP contribution in [0.3, 0.4) is 0 Å². The summed E-state index contributed by atoms with van der Waals surface area (Å²) in [5.74, 6) is 0. The summed E-state index contributed by atoms with van der Waals surface area (Å²) < 4.78 is 0. The standard InChI is InChI=1S/C7H8BrS/c1-6-3-5-9-7(6)2-4-8/h2-3,5H,4H2,1H3. The summed E-state index contributed by atoms with van der Waals surface area (Å²) in [7, 11) is 0. The van der Waals surface area contributed by atoms with Crippen LogP contribution >= 0.6 is 27.3 Å². The number of alkyl halides is 1. The predicted octanol–water partition coefficient (Wildman–Crippen LogP) is 3.00. The van der Waals surface area contributed by atoms with E-state index in [0.717, 1.165) is 5.33 Å². The Morgan fingerprint density at radius 3 is 3.00 bits per heavy atom. The molecule has 1 aromatic heterocycles. The number of hydrogen-bond acceptors (Lipinski definition) is 1. The van der Waals surface area contributed by atoms with E-state index < -0.39 is 0 Å². The lowest BCUT2D eigenvalue weighted by molar-refractivity contribution is 1.43. The van der Waals surface area contributed by atoms with Crippen LogP contribution in [-0.2, 0) is 0 Å². The summed E-state index contributed by atoms with van der Waals surface area (Å²) in [4.78, 5) is 1.38. The SMILES string of the molecule is Cc1ccsc1[CH]CBr. The number of thiophene rings is 1. The fourth-order valence-corrected chi connectivity index (χ4v) is 2.05. The molecule has 0 aromatic carbocycles. The molecular formula is C7H8BrS. The van der Waals surface area contributed by atoms with Crippen LogP contribution in [0, 0.1) is 13.3 Å². The molecule has 2 heteroatoms. The van der Waals surface area contributed by atoms with Gasteiger partial charge in [-0.1, -0.05) is 15.9 Å². The molecule has 1 heterocycles. The molecule has 0 aliphatic carbocycles. The van der Waals surface area contributed by atoms with E-state index in [9.17, 15) is 0 Å². The molecule has 0 aliphatic rings. The van der Waals surface area contributed by atoms with Crippen molar-refractivity contribution in [3.8, 4) is 0 Å².